The molecule has 0 aliphatic rings. The number of phenolic OH excluding ortho intramolecular Hbond substituents is 1. The van der Waals surface area contributed by atoms with E-state index in [0.29, 0.717) is 22.4 Å². The van der Waals surface area contributed by atoms with Crippen molar-refractivity contribution in [2.75, 3.05) is 5.32 Å². The van der Waals surface area contributed by atoms with Crippen LogP contribution in [0.3, 0.4) is 0 Å². The molecule has 3 aromatic rings. The summed E-state index contributed by atoms with van der Waals surface area (Å²) in [6, 6.07) is 11.9. The molecule has 3 rings (SSSR count). The highest BCUT2D eigenvalue weighted by atomic mass is 19.2. The molecular formula is C15H10F2N2O. The maximum atomic E-state index is 13.1. The normalized spacial score (nSPS) is 10.7. The van der Waals surface area contributed by atoms with Gasteiger partial charge >= 0.3 is 0 Å². The van der Waals surface area contributed by atoms with E-state index >= 15 is 0 Å². The van der Waals surface area contributed by atoms with Crippen molar-refractivity contribution < 1.29 is 13.9 Å². The second-order valence-corrected chi connectivity index (χ2v) is 4.29. The second-order valence-electron chi connectivity index (χ2n) is 4.29. The number of fused-ring (bicyclic) bond motifs is 1. The first-order valence-electron chi connectivity index (χ1n) is 5.94. The van der Waals surface area contributed by atoms with Gasteiger partial charge in [-0.3, -0.25) is 0 Å². The molecule has 0 aliphatic carbocycles. The van der Waals surface area contributed by atoms with Crippen LogP contribution >= 0.6 is 0 Å². The molecule has 3 nitrogen and oxygen atoms in total. The summed E-state index contributed by atoms with van der Waals surface area (Å²) < 4.78 is 26.0. The molecule has 2 N–H and O–H groups in total. The summed E-state index contributed by atoms with van der Waals surface area (Å²) in [6.45, 7) is 0. The Labute approximate surface area is 113 Å². The van der Waals surface area contributed by atoms with Gasteiger partial charge in [0, 0.05) is 17.1 Å². The fraction of sp³-hybridized carbons (Fsp3) is 0. The topological polar surface area (TPSA) is 45.2 Å². The van der Waals surface area contributed by atoms with Crippen LogP contribution in [-0.2, 0) is 0 Å². The average molecular weight is 272 g/mol. The number of nitrogens with zero attached hydrogens (tertiary/aromatic N) is 1. The number of hydrogen-bond acceptors (Lipinski definition) is 3. The average Bonchev–Trinajstić information content (AvgIpc) is 2.43. The summed E-state index contributed by atoms with van der Waals surface area (Å²) >= 11 is 0. The maximum absolute atomic E-state index is 13.1. The Morgan fingerprint density at radius 2 is 1.80 bits per heavy atom. The first-order valence-corrected chi connectivity index (χ1v) is 5.94. The number of nitrogens with one attached hydrogen (secondary N) is 1. The minimum Gasteiger partial charge on any atom is -0.507 e. The predicted molar refractivity (Wildman–Crippen MR) is 73.0 cm³/mol. The zero-order chi connectivity index (χ0) is 14.1. The van der Waals surface area contributed by atoms with Crippen LogP contribution in [0.1, 0.15) is 0 Å². The van der Waals surface area contributed by atoms with Crippen LogP contribution in [0.15, 0.2) is 48.5 Å². The van der Waals surface area contributed by atoms with Gasteiger partial charge in [0.05, 0.1) is 5.52 Å². The van der Waals surface area contributed by atoms with Gasteiger partial charge in [0.2, 0.25) is 0 Å². The minimum absolute atomic E-state index is 0.148. The van der Waals surface area contributed by atoms with E-state index in [2.05, 4.69) is 10.3 Å². The van der Waals surface area contributed by atoms with E-state index in [-0.39, 0.29) is 5.75 Å². The summed E-state index contributed by atoms with van der Waals surface area (Å²) in [6.07, 6.45) is 0. The molecule has 0 saturated heterocycles. The summed E-state index contributed by atoms with van der Waals surface area (Å²) in [5.74, 6) is -1.19. The van der Waals surface area contributed by atoms with Crippen molar-refractivity contribution in [1.29, 1.82) is 0 Å². The third kappa shape index (κ3) is 2.25. The standard InChI is InChI=1S/C15H10F2N2O/c16-11-6-4-9(8-12(11)17)18-15-7-5-10-13(19-15)2-1-3-14(10)20/h1-8,20H,(H,18,19). The van der Waals surface area contributed by atoms with Crippen LogP contribution in [0.5, 0.6) is 5.75 Å². The van der Waals surface area contributed by atoms with Gasteiger partial charge in [-0.2, -0.15) is 0 Å². The monoisotopic (exact) mass is 272 g/mol. The molecule has 1 aromatic heterocycles. The lowest BCUT2D eigenvalue weighted by atomic mass is 10.2. The molecular weight excluding hydrogens is 262 g/mol. The molecule has 1 heterocycles. The SMILES string of the molecule is Oc1cccc2nc(Nc3ccc(F)c(F)c3)ccc12. The van der Waals surface area contributed by atoms with Gasteiger partial charge in [0.15, 0.2) is 11.6 Å². The highest BCUT2D eigenvalue weighted by Gasteiger charge is 2.05. The van der Waals surface area contributed by atoms with E-state index in [4.69, 9.17) is 0 Å². The Morgan fingerprint density at radius 1 is 0.950 bits per heavy atom. The second kappa shape index (κ2) is 4.77. The predicted octanol–water partition coefficient (Wildman–Crippen LogP) is 3.96. The fourth-order valence-electron chi connectivity index (χ4n) is 1.93. The van der Waals surface area contributed by atoms with Crippen molar-refractivity contribution in [3.05, 3.63) is 60.2 Å². The lowest BCUT2D eigenvalue weighted by Crippen LogP contribution is -1.95. The Morgan fingerprint density at radius 3 is 2.60 bits per heavy atom. The Bertz CT molecular complexity index is 790. The van der Waals surface area contributed by atoms with Crippen molar-refractivity contribution in [2.24, 2.45) is 0 Å². The molecule has 0 bridgehead atoms. The first-order chi connectivity index (χ1) is 9.63. The zero-order valence-electron chi connectivity index (χ0n) is 10.3. The van der Waals surface area contributed by atoms with Gasteiger partial charge < -0.3 is 10.4 Å². The third-order valence-corrected chi connectivity index (χ3v) is 2.90. The molecule has 2 aromatic carbocycles. The van der Waals surface area contributed by atoms with Crippen molar-refractivity contribution in [3.8, 4) is 5.75 Å². The van der Waals surface area contributed by atoms with Crippen LogP contribution in [0.25, 0.3) is 10.9 Å². The first kappa shape index (κ1) is 12.3. The van der Waals surface area contributed by atoms with Crippen molar-refractivity contribution in [3.63, 3.8) is 0 Å². The number of benzene rings is 2. The molecule has 0 saturated carbocycles. The molecule has 0 unspecified atom stereocenters. The van der Waals surface area contributed by atoms with Gasteiger partial charge in [-0.1, -0.05) is 6.07 Å². The zero-order valence-corrected chi connectivity index (χ0v) is 10.3. The van der Waals surface area contributed by atoms with Crippen molar-refractivity contribution in [2.45, 2.75) is 0 Å². The van der Waals surface area contributed by atoms with E-state index in [0.717, 1.165) is 12.1 Å². The summed E-state index contributed by atoms with van der Waals surface area (Å²) in [4.78, 5) is 4.30. The highest BCUT2D eigenvalue weighted by molar-refractivity contribution is 5.86. The minimum atomic E-state index is -0.923. The molecule has 0 fully saturated rings. The quantitative estimate of drug-likeness (QED) is 0.742. The molecule has 0 radical (unpaired) electrons. The van der Waals surface area contributed by atoms with E-state index < -0.39 is 11.6 Å². The van der Waals surface area contributed by atoms with E-state index in [1.807, 2.05) is 0 Å². The van der Waals surface area contributed by atoms with Crippen LogP contribution in [0.4, 0.5) is 20.3 Å². The summed E-state index contributed by atoms with van der Waals surface area (Å²) in [5, 5.41) is 13.2. The number of hydrogen-bond donors (Lipinski definition) is 2. The molecule has 5 heteroatoms. The van der Waals surface area contributed by atoms with E-state index in [1.165, 1.54) is 6.07 Å². The number of phenols is 1. The number of pyridine rings is 1. The summed E-state index contributed by atoms with van der Waals surface area (Å²) in [7, 11) is 0. The van der Waals surface area contributed by atoms with Crippen LogP contribution in [0, 0.1) is 11.6 Å². The molecule has 0 aliphatic heterocycles. The third-order valence-electron chi connectivity index (χ3n) is 2.90. The van der Waals surface area contributed by atoms with Crippen LogP contribution in [-0.4, -0.2) is 10.1 Å². The molecule has 0 spiro atoms. The van der Waals surface area contributed by atoms with Gasteiger partial charge in [-0.25, -0.2) is 13.8 Å². The number of rotatable bonds is 2. The van der Waals surface area contributed by atoms with E-state index in [9.17, 15) is 13.9 Å². The van der Waals surface area contributed by atoms with Gasteiger partial charge in [-0.05, 0) is 36.4 Å². The van der Waals surface area contributed by atoms with Crippen LogP contribution in [0.2, 0.25) is 0 Å². The number of anilines is 2. The number of aromatic nitrogens is 1. The number of aromatic hydroxyl groups is 1. The Kier molecular flexibility index (Phi) is 2.95. The molecule has 100 valence electrons. The Balaban J connectivity index is 1.96. The van der Waals surface area contributed by atoms with Gasteiger partial charge in [0.25, 0.3) is 0 Å². The smallest absolute Gasteiger partial charge is 0.160 e. The fourth-order valence-corrected chi connectivity index (χ4v) is 1.93. The van der Waals surface area contributed by atoms with Crippen molar-refractivity contribution >= 4 is 22.4 Å². The largest absolute Gasteiger partial charge is 0.507 e. The number of halogens is 2. The Hall–Kier alpha value is -2.69. The van der Waals surface area contributed by atoms with Crippen molar-refractivity contribution in [1.82, 2.24) is 4.98 Å². The lowest BCUT2D eigenvalue weighted by Gasteiger charge is -2.07. The van der Waals surface area contributed by atoms with Crippen LogP contribution < -0.4 is 5.32 Å². The van der Waals surface area contributed by atoms with Gasteiger partial charge in [-0.15, -0.1) is 0 Å². The molecule has 0 amide bonds. The van der Waals surface area contributed by atoms with Gasteiger partial charge in [0.1, 0.15) is 11.6 Å². The maximum Gasteiger partial charge on any atom is 0.160 e. The lowest BCUT2D eigenvalue weighted by molar-refractivity contribution is 0.481. The molecule has 0 atom stereocenters. The summed E-state index contributed by atoms with van der Waals surface area (Å²) in [5.41, 5.74) is 1.01. The van der Waals surface area contributed by atoms with E-state index in [1.54, 1.807) is 30.3 Å². The highest BCUT2D eigenvalue weighted by Crippen LogP contribution is 2.25. The molecule has 20 heavy (non-hydrogen) atoms.